The van der Waals surface area contributed by atoms with Crippen molar-refractivity contribution in [1.82, 2.24) is 9.88 Å². The van der Waals surface area contributed by atoms with Crippen molar-refractivity contribution in [2.45, 2.75) is 65.0 Å². The van der Waals surface area contributed by atoms with Crippen LogP contribution in [0.3, 0.4) is 0 Å². The van der Waals surface area contributed by atoms with Gasteiger partial charge in [-0.25, -0.2) is 4.98 Å². The highest BCUT2D eigenvalue weighted by atomic mass is 35.5. The van der Waals surface area contributed by atoms with Crippen LogP contribution in [0.5, 0.6) is 5.75 Å². The average molecular weight is 377 g/mol. The van der Waals surface area contributed by atoms with Crippen LogP contribution in [0.2, 0.25) is 5.02 Å². The molecule has 0 atom stereocenters. The first-order valence-corrected chi connectivity index (χ1v) is 10.2. The lowest BCUT2D eigenvalue weighted by atomic mass is 9.89. The zero-order valence-electron chi connectivity index (χ0n) is 15.8. The number of hydrogen-bond donors (Lipinski definition) is 0. The molecule has 0 aliphatic heterocycles. The van der Waals surface area contributed by atoms with Crippen molar-refractivity contribution in [3.05, 3.63) is 46.6 Å². The zero-order valence-corrected chi connectivity index (χ0v) is 16.6. The first-order chi connectivity index (χ1) is 12.7. The molecule has 1 aromatic carbocycles. The Balaban J connectivity index is 1.77. The van der Waals surface area contributed by atoms with Crippen LogP contribution >= 0.6 is 11.6 Å². The van der Waals surface area contributed by atoms with Crippen molar-refractivity contribution >= 4 is 11.6 Å². The second kappa shape index (κ2) is 9.43. The molecule has 0 N–H and O–H groups in total. The van der Waals surface area contributed by atoms with Crippen molar-refractivity contribution in [1.29, 1.82) is 0 Å². The second-order valence-corrected chi connectivity index (χ2v) is 7.40. The molecule has 0 bridgehead atoms. The van der Waals surface area contributed by atoms with Gasteiger partial charge in [0.2, 0.25) is 0 Å². The fourth-order valence-electron chi connectivity index (χ4n) is 3.53. The van der Waals surface area contributed by atoms with Crippen molar-refractivity contribution in [2.24, 2.45) is 0 Å². The Labute approximate surface area is 161 Å². The SMILES string of the molecule is CCN(CC)Cc1nc(C2CCCCC2)oc1COc1cccc(Cl)c1. The van der Waals surface area contributed by atoms with Crippen LogP contribution < -0.4 is 4.74 Å². The highest BCUT2D eigenvalue weighted by Gasteiger charge is 2.24. The van der Waals surface area contributed by atoms with Gasteiger partial charge in [0, 0.05) is 17.5 Å². The van der Waals surface area contributed by atoms with E-state index in [0.717, 1.165) is 42.7 Å². The van der Waals surface area contributed by atoms with Gasteiger partial charge in [0.05, 0.1) is 0 Å². The van der Waals surface area contributed by atoms with Crippen molar-refractivity contribution in [3.8, 4) is 5.75 Å². The van der Waals surface area contributed by atoms with Gasteiger partial charge < -0.3 is 9.15 Å². The normalized spacial score (nSPS) is 15.5. The molecule has 142 valence electrons. The van der Waals surface area contributed by atoms with Gasteiger partial charge in [-0.2, -0.15) is 0 Å². The van der Waals surface area contributed by atoms with Crippen LogP contribution in [0, 0.1) is 0 Å². The highest BCUT2D eigenvalue weighted by Crippen LogP contribution is 2.33. The van der Waals surface area contributed by atoms with E-state index in [2.05, 4.69) is 18.7 Å². The summed E-state index contributed by atoms with van der Waals surface area (Å²) in [5.74, 6) is 2.95. The topological polar surface area (TPSA) is 38.5 Å². The van der Waals surface area contributed by atoms with E-state index in [1.807, 2.05) is 24.3 Å². The van der Waals surface area contributed by atoms with E-state index in [4.69, 9.17) is 25.7 Å². The molecule has 1 heterocycles. The third kappa shape index (κ3) is 5.01. The standard InChI is InChI=1S/C21H29ClN2O2/c1-3-24(4-2)14-19-20(15-25-18-12-8-11-17(22)13-18)26-21(23-19)16-9-6-5-7-10-16/h8,11-13,16H,3-7,9-10,14-15H2,1-2H3. The van der Waals surface area contributed by atoms with Crippen LogP contribution in [-0.4, -0.2) is 23.0 Å². The predicted molar refractivity (Wildman–Crippen MR) is 105 cm³/mol. The summed E-state index contributed by atoms with van der Waals surface area (Å²) < 4.78 is 12.1. The summed E-state index contributed by atoms with van der Waals surface area (Å²) in [4.78, 5) is 7.24. The monoisotopic (exact) mass is 376 g/mol. The second-order valence-electron chi connectivity index (χ2n) is 6.96. The van der Waals surface area contributed by atoms with Gasteiger partial charge in [0.25, 0.3) is 0 Å². The summed E-state index contributed by atoms with van der Waals surface area (Å²) in [6, 6.07) is 7.47. The summed E-state index contributed by atoms with van der Waals surface area (Å²) in [6.07, 6.45) is 6.23. The van der Waals surface area contributed by atoms with Crippen molar-refractivity contribution < 1.29 is 9.15 Å². The van der Waals surface area contributed by atoms with E-state index < -0.39 is 0 Å². The van der Waals surface area contributed by atoms with Crippen LogP contribution in [0.4, 0.5) is 0 Å². The van der Waals surface area contributed by atoms with E-state index in [-0.39, 0.29) is 0 Å². The molecule has 1 fully saturated rings. The van der Waals surface area contributed by atoms with E-state index >= 15 is 0 Å². The van der Waals surface area contributed by atoms with Crippen LogP contribution in [0.25, 0.3) is 0 Å². The summed E-state index contributed by atoms with van der Waals surface area (Å²) in [5.41, 5.74) is 1.01. The summed E-state index contributed by atoms with van der Waals surface area (Å²) >= 11 is 6.05. The molecule has 26 heavy (non-hydrogen) atoms. The molecule has 1 aliphatic rings. The number of ether oxygens (including phenoxy) is 1. The first kappa shape index (κ1) is 19.2. The molecule has 0 spiro atoms. The van der Waals surface area contributed by atoms with Crippen LogP contribution in [0.1, 0.15) is 69.2 Å². The maximum Gasteiger partial charge on any atom is 0.197 e. The molecule has 5 heteroatoms. The first-order valence-electron chi connectivity index (χ1n) is 9.78. The minimum atomic E-state index is 0.386. The molecule has 0 unspecified atom stereocenters. The number of halogens is 1. The summed E-state index contributed by atoms with van der Waals surface area (Å²) in [5, 5.41) is 0.673. The summed E-state index contributed by atoms with van der Waals surface area (Å²) in [6.45, 7) is 7.53. The van der Waals surface area contributed by atoms with Gasteiger partial charge in [-0.15, -0.1) is 0 Å². The smallest absolute Gasteiger partial charge is 0.197 e. The lowest BCUT2D eigenvalue weighted by Crippen LogP contribution is -2.23. The fraction of sp³-hybridized carbons (Fsp3) is 0.571. The number of hydrogen-bond acceptors (Lipinski definition) is 4. The zero-order chi connectivity index (χ0) is 18.4. The highest BCUT2D eigenvalue weighted by molar-refractivity contribution is 6.30. The molecule has 0 saturated heterocycles. The molecular weight excluding hydrogens is 348 g/mol. The Morgan fingerprint density at radius 1 is 1.19 bits per heavy atom. The largest absolute Gasteiger partial charge is 0.486 e. The molecule has 1 saturated carbocycles. The minimum Gasteiger partial charge on any atom is -0.486 e. The van der Waals surface area contributed by atoms with Crippen LogP contribution in [0.15, 0.2) is 28.7 Å². The van der Waals surface area contributed by atoms with E-state index in [1.54, 1.807) is 0 Å². The quantitative estimate of drug-likeness (QED) is 0.583. The van der Waals surface area contributed by atoms with Gasteiger partial charge in [-0.1, -0.05) is 50.8 Å². The Bertz CT molecular complexity index is 691. The molecule has 1 aromatic heterocycles. The molecule has 0 amide bonds. The lowest BCUT2D eigenvalue weighted by Gasteiger charge is -2.18. The lowest BCUT2D eigenvalue weighted by molar-refractivity contribution is 0.249. The number of oxazole rings is 1. The van der Waals surface area contributed by atoms with Gasteiger partial charge in [0.15, 0.2) is 11.7 Å². The molecule has 2 aromatic rings. The molecule has 3 rings (SSSR count). The number of nitrogens with zero attached hydrogens (tertiary/aromatic N) is 2. The molecule has 1 aliphatic carbocycles. The van der Waals surface area contributed by atoms with E-state index in [9.17, 15) is 0 Å². The Kier molecular flexibility index (Phi) is 6.98. The molecule has 0 radical (unpaired) electrons. The van der Waals surface area contributed by atoms with Gasteiger partial charge in [-0.3, -0.25) is 4.90 Å². The molecule has 4 nitrogen and oxygen atoms in total. The summed E-state index contributed by atoms with van der Waals surface area (Å²) in [7, 11) is 0. The third-order valence-corrected chi connectivity index (χ3v) is 5.42. The van der Waals surface area contributed by atoms with Gasteiger partial charge >= 0.3 is 0 Å². The van der Waals surface area contributed by atoms with Gasteiger partial charge in [-0.05, 0) is 44.1 Å². The van der Waals surface area contributed by atoms with Crippen LogP contribution in [-0.2, 0) is 13.2 Å². The fourth-order valence-corrected chi connectivity index (χ4v) is 3.71. The number of aromatic nitrogens is 1. The third-order valence-electron chi connectivity index (χ3n) is 5.18. The maximum absolute atomic E-state index is 6.20. The van der Waals surface area contributed by atoms with Crippen molar-refractivity contribution in [2.75, 3.05) is 13.1 Å². The Morgan fingerprint density at radius 2 is 1.96 bits per heavy atom. The predicted octanol–water partition coefficient (Wildman–Crippen LogP) is 5.80. The Hall–Kier alpha value is -1.52. The minimum absolute atomic E-state index is 0.386. The van der Waals surface area contributed by atoms with E-state index in [1.165, 1.54) is 32.1 Å². The van der Waals surface area contributed by atoms with Gasteiger partial charge in [0.1, 0.15) is 18.1 Å². The number of benzene rings is 1. The Morgan fingerprint density at radius 3 is 2.65 bits per heavy atom. The number of rotatable bonds is 8. The average Bonchev–Trinajstić information content (AvgIpc) is 3.08. The maximum atomic E-state index is 6.20. The van der Waals surface area contributed by atoms with E-state index in [0.29, 0.717) is 17.5 Å². The van der Waals surface area contributed by atoms with Crippen molar-refractivity contribution in [3.63, 3.8) is 0 Å². The molecular formula is C21H29ClN2O2.